The lowest BCUT2D eigenvalue weighted by Gasteiger charge is -2.28. The fourth-order valence-electron chi connectivity index (χ4n) is 2.62. The van der Waals surface area contributed by atoms with Crippen LogP contribution in [0.3, 0.4) is 0 Å². The van der Waals surface area contributed by atoms with Gasteiger partial charge in [0, 0.05) is 25.7 Å². The van der Waals surface area contributed by atoms with Gasteiger partial charge in [0.15, 0.2) is 0 Å². The van der Waals surface area contributed by atoms with Crippen LogP contribution in [0.15, 0.2) is 0 Å². The van der Waals surface area contributed by atoms with E-state index in [0.717, 1.165) is 26.1 Å². The van der Waals surface area contributed by atoms with Crippen molar-refractivity contribution in [2.75, 3.05) is 26.4 Å². The smallest absolute Gasteiger partial charge is 0.117 e. The quantitative estimate of drug-likeness (QED) is 0.677. The maximum Gasteiger partial charge on any atom is 0.117 e. The number of ether oxygens (including phenoxy) is 1. The fraction of sp³-hybridized carbons (Fsp3) is 1.00. The Kier molecular flexibility index (Phi) is 3.76. The zero-order valence-corrected chi connectivity index (χ0v) is 8.75. The van der Waals surface area contributed by atoms with Gasteiger partial charge in [0.25, 0.3) is 0 Å². The molecule has 82 valence electrons. The zero-order valence-electron chi connectivity index (χ0n) is 8.75. The fourth-order valence-corrected chi connectivity index (χ4v) is 2.62. The van der Waals surface area contributed by atoms with Crippen molar-refractivity contribution in [2.24, 2.45) is 0 Å². The molecular weight excluding hydrogens is 181 g/mol. The van der Waals surface area contributed by atoms with E-state index in [1.165, 1.54) is 25.7 Å². The summed E-state index contributed by atoms with van der Waals surface area (Å²) in [5.41, 5.74) is 0. The van der Waals surface area contributed by atoms with Crippen LogP contribution in [-0.2, 0) is 4.74 Å². The van der Waals surface area contributed by atoms with Gasteiger partial charge in [-0.25, -0.2) is 4.39 Å². The topological polar surface area (TPSA) is 12.5 Å². The summed E-state index contributed by atoms with van der Waals surface area (Å²) >= 11 is 0. The van der Waals surface area contributed by atoms with Crippen molar-refractivity contribution in [1.29, 1.82) is 0 Å². The first kappa shape index (κ1) is 10.4. The van der Waals surface area contributed by atoms with Gasteiger partial charge in [-0.1, -0.05) is 12.8 Å². The predicted molar refractivity (Wildman–Crippen MR) is 54.2 cm³/mol. The van der Waals surface area contributed by atoms with Crippen molar-refractivity contribution in [3.05, 3.63) is 0 Å². The number of nitrogens with zero attached hydrogens (tertiary/aromatic N) is 1. The second-order valence-corrected chi connectivity index (χ2v) is 4.43. The van der Waals surface area contributed by atoms with Gasteiger partial charge in [0.2, 0.25) is 0 Å². The van der Waals surface area contributed by atoms with E-state index >= 15 is 0 Å². The average molecular weight is 201 g/mol. The molecule has 3 heteroatoms. The minimum Gasteiger partial charge on any atom is -0.374 e. The van der Waals surface area contributed by atoms with Gasteiger partial charge in [-0.05, 0) is 19.3 Å². The molecule has 0 radical (unpaired) electrons. The lowest BCUT2D eigenvalue weighted by Crippen LogP contribution is -2.39. The van der Waals surface area contributed by atoms with Crippen molar-refractivity contribution in [3.63, 3.8) is 0 Å². The third-order valence-corrected chi connectivity index (χ3v) is 3.39. The van der Waals surface area contributed by atoms with Crippen LogP contribution < -0.4 is 0 Å². The molecule has 0 unspecified atom stereocenters. The summed E-state index contributed by atoms with van der Waals surface area (Å²) in [5.74, 6) is 0. The summed E-state index contributed by atoms with van der Waals surface area (Å²) in [6, 6.07) is 0.714. The number of halogens is 1. The molecule has 1 aliphatic carbocycles. The van der Waals surface area contributed by atoms with E-state index in [1.54, 1.807) is 0 Å². The molecule has 0 amide bonds. The highest BCUT2D eigenvalue weighted by Crippen LogP contribution is 2.24. The highest BCUT2D eigenvalue weighted by molar-refractivity contribution is 4.80. The Morgan fingerprint density at radius 1 is 1.21 bits per heavy atom. The van der Waals surface area contributed by atoms with Crippen LogP contribution in [0.5, 0.6) is 0 Å². The molecule has 1 saturated heterocycles. The second-order valence-electron chi connectivity index (χ2n) is 4.43. The zero-order chi connectivity index (χ0) is 9.80. The predicted octanol–water partition coefficient (Wildman–Crippen LogP) is 1.99. The van der Waals surface area contributed by atoms with Crippen LogP contribution in [0.25, 0.3) is 0 Å². The molecule has 0 N–H and O–H groups in total. The summed E-state index contributed by atoms with van der Waals surface area (Å²) in [4.78, 5) is 2.45. The van der Waals surface area contributed by atoms with E-state index in [0.29, 0.717) is 6.04 Å². The largest absolute Gasteiger partial charge is 0.374 e. The standard InChI is InChI=1S/C11H20FNO/c12-8-11-9-13(6-3-7-14-11)10-4-1-2-5-10/h10-11H,1-9H2/t11-/m0/s1. The summed E-state index contributed by atoms with van der Waals surface area (Å²) in [6.07, 6.45) is 6.20. The molecule has 2 rings (SSSR count). The number of alkyl halides is 1. The normalized spacial score (nSPS) is 31.9. The molecule has 0 bridgehead atoms. The van der Waals surface area contributed by atoms with E-state index < -0.39 is 0 Å². The molecule has 1 aliphatic heterocycles. The molecule has 1 atom stereocenters. The molecule has 0 aromatic rings. The summed E-state index contributed by atoms with van der Waals surface area (Å²) in [6.45, 7) is 2.31. The molecule has 2 aliphatic rings. The number of hydrogen-bond donors (Lipinski definition) is 0. The van der Waals surface area contributed by atoms with E-state index in [4.69, 9.17) is 4.74 Å². The number of rotatable bonds is 2. The van der Waals surface area contributed by atoms with Crippen molar-refractivity contribution < 1.29 is 9.13 Å². The third-order valence-electron chi connectivity index (χ3n) is 3.39. The lowest BCUT2D eigenvalue weighted by molar-refractivity contribution is 0.0314. The molecule has 2 fully saturated rings. The van der Waals surface area contributed by atoms with Gasteiger partial charge < -0.3 is 4.74 Å². The Morgan fingerprint density at radius 2 is 2.00 bits per heavy atom. The van der Waals surface area contributed by atoms with Gasteiger partial charge >= 0.3 is 0 Å². The van der Waals surface area contributed by atoms with E-state index in [-0.39, 0.29) is 12.8 Å². The summed E-state index contributed by atoms with van der Waals surface area (Å²) < 4.78 is 18.0. The second kappa shape index (κ2) is 5.08. The lowest BCUT2D eigenvalue weighted by atomic mass is 10.2. The Bertz CT molecular complexity index is 171. The summed E-state index contributed by atoms with van der Waals surface area (Å²) in [5, 5.41) is 0. The Morgan fingerprint density at radius 3 is 2.71 bits per heavy atom. The molecular formula is C11H20FNO. The van der Waals surface area contributed by atoms with Crippen molar-refractivity contribution in [1.82, 2.24) is 4.90 Å². The Labute approximate surface area is 85.4 Å². The monoisotopic (exact) mass is 201 g/mol. The third kappa shape index (κ3) is 2.45. The summed E-state index contributed by atoms with van der Waals surface area (Å²) in [7, 11) is 0. The maximum absolute atomic E-state index is 12.6. The minimum absolute atomic E-state index is 0.168. The minimum atomic E-state index is -0.330. The van der Waals surface area contributed by atoms with Crippen molar-refractivity contribution >= 4 is 0 Å². The molecule has 0 aromatic carbocycles. The van der Waals surface area contributed by atoms with Crippen molar-refractivity contribution in [3.8, 4) is 0 Å². The van der Waals surface area contributed by atoms with E-state index in [9.17, 15) is 4.39 Å². The first-order valence-corrected chi connectivity index (χ1v) is 5.82. The number of hydrogen-bond acceptors (Lipinski definition) is 2. The molecule has 2 nitrogen and oxygen atoms in total. The first-order chi connectivity index (χ1) is 6.90. The van der Waals surface area contributed by atoms with Crippen molar-refractivity contribution in [2.45, 2.75) is 44.2 Å². The molecule has 0 aromatic heterocycles. The maximum atomic E-state index is 12.6. The van der Waals surface area contributed by atoms with Gasteiger partial charge in [0.1, 0.15) is 6.67 Å². The average Bonchev–Trinajstić information content (AvgIpc) is 2.63. The Balaban J connectivity index is 1.88. The molecule has 14 heavy (non-hydrogen) atoms. The van der Waals surface area contributed by atoms with Gasteiger partial charge in [-0.2, -0.15) is 0 Å². The Hall–Kier alpha value is -0.150. The van der Waals surface area contributed by atoms with Gasteiger partial charge in [-0.15, -0.1) is 0 Å². The first-order valence-electron chi connectivity index (χ1n) is 5.82. The molecule has 1 saturated carbocycles. The van der Waals surface area contributed by atoms with Gasteiger partial charge in [-0.3, -0.25) is 4.90 Å². The van der Waals surface area contributed by atoms with E-state index in [2.05, 4.69) is 4.90 Å². The van der Waals surface area contributed by atoms with Crippen LogP contribution in [0.2, 0.25) is 0 Å². The molecule has 1 heterocycles. The SMILES string of the molecule is FC[C@H]1CN(C2CCCC2)CCCO1. The van der Waals surface area contributed by atoms with Crippen LogP contribution >= 0.6 is 0 Å². The highest BCUT2D eigenvalue weighted by atomic mass is 19.1. The molecule has 0 spiro atoms. The van der Waals surface area contributed by atoms with Crippen LogP contribution in [0, 0.1) is 0 Å². The van der Waals surface area contributed by atoms with Crippen LogP contribution in [0.4, 0.5) is 4.39 Å². The van der Waals surface area contributed by atoms with E-state index in [1.807, 2.05) is 0 Å². The van der Waals surface area contributed by atoms with Crippen LogP contribution in [-0.4, -0.2) is 43.4 Å². The van der Waals surface area contributed by atoms with Gasteiger partial charge in [0.05, 0.1) is 6.10 Å². The van der Waals surface area contributed by atoms with Crippen LogP contribution in [0.1, 0.15) is 32.1 Å². The highest BCUT2D eigenvalue weighted by Gasteiger charge is 2.26.